The van der Waals surface area contributed by atoms with E-state index in [0.717, 1.165) is 82.3 Å². The summed E-state index contributed by atoms with van der Waals surface area (Å²) in [5, 5.41) is 11.6. The molecule has 2 N–H and O–H groups in total. The molecule has 0 unspecified atom stereocenters. The lowest BCUT2D eigenvalue weighted by atomic mass is 9.96. The number of hydrogen-bond donors (Lipinski definition) is 2. The van der Waals surface area contributed by atoms with Crippen molar-refractivity contribution in [2.75, 3.05) is 44.7 Å². The summed E-state index contributed by atoms with van der Waals surface area (Å²) in [7, 11) is 0. The zero-order chi connectivity index (χ0) is 24.7. The van der Waals surface area contributed by atoms with Gasteiger partial charge in [0.05, 0.1) is 18.9 Å². The van der Waals surface area contributed by atoms with Crippen LogP contribution in [0.15, 0.2) is 48.5 Å². The van der Waals surface area contributed by atoms with E-state index in [0.29, 0.717) is 12.8 Å². The van der Waals surface area contributed by atoms with Crippen molar-refractivity contribution in [1.29, 1.82) is 0 Å². The molecule has 5 rings (SSSR count). The summed E-state index contributed by atoms with van der Waals surface area (Å²) in [5.74, 6) is 0.0390. The summed E-state index contributed by atoms with van der Waals surface area (Å²) in [5.41, 5.74) is 8.17. The van der Waals surface area contributed by atoms with Gasteiger partial charge in [0, 0.05) is 74.6 Å². The van der Waals surface area contributed by atoms with Crippen LogP contribution in [-0.4, -0.2) is 60.0 Å². The van der Waals surface area contributed by atoms with E-state index in [-0.39, 0.29) is 5.91 Å². The highest BCUT2D eigenvalue weighted by molar-refractivity contribution is 5.90. The summed E-state index contributed by atoms with van der Waals surface area (Å²) < 4.78 is 7.73. The van der Waals surface area contributed by atoms with Gasteiger partial charge in [0.2, 0.25) is 5.91 Å². The number of benzene rings is 2. The monoisotopic (exact) mass is 487 g/mol. The van der Waals surface area contributed by atoms with E-state index in [4.69, 9.17) is 9.84 Å². The minimum Gasteiger partial charge on any atom is -0.379 e. The first-order chi connectivity index (χ1) is 17.7. The first-order valence-electron chi connectivity index (χ1n) is 13.2. The van der Waals surface area contributed by atoms with Gasteiger partial charge in [0.1, 0.15) is 0 Å². The molecule has 1 saturated heterocycles. The van der Waals surface area contributed by atoms with Crippen molar-refractivity contribution in [3.05, 3.63) is 70.9 Å². The van der Waals surface area contributed by atoms with E-state index >= 15 is 0 Å². The molecule has 190 valence electrons. The predicted octanol–water partition coefficient (Wildman–Crippen LogP) is 3.80. The minimum absolute atomic E-state index is 0.0390. The molecule has 36 heavy (non-hydrogen) atoms. The van der Waals surface area contributed by atoms with E-state index in [1.807, 2.05) is 30.3 Å². The van der Waals surface area contributed by atoms with Crippen molar-refractivity contribution in [2.45, 2.75) is 45.7 Å². The summed E-state index contributed by atoms with van der Waals surface area (Å²) in [6.07, 6.45) is 3.27. The van der Waals surface area contributed by atoms with E-state index in [2.05, 4.69) is 45.3 Å². The number of ether oxygens (including phenoxy) is 1. The third kappa shape index (κ3) is 6.03. The molecule has 3 heterocycles. The number of amides is 1. The number of rotatable bonds is 9. The smallest absolute Gasteiger partial charge is 0.224 e. The van der Waals surface area contributed by atoms with Gasteiger partial charge in [-0.3, -0.25) is 14.4 Å². The molecule has 1 amide bonds. The summed E-state index contributed by atoms with van der Waals surface area (Å²) in [4.78, 5) is 15.0. The summed E-state index contributed by atoms with van der Waals surface area (Å²) in [6.45, 7) is 9.75. The van der Waals surface area contributed by atoms with Gasteiger partial charge in [-0.1, -0.05) is 30.3 Å². The molecule has 0 spiro atoms. The molecule has 2 aromatic carbocycles. The van der Waals surface area contributed by atoms with Crippen molar-refractivity contribution in [1.82, 2.24) is 20.0 Å². The zero-order valence-electron chi connectivity index (χ0n) is 21.3. The number of para-hydroxylation sites is 1. The van der Waals surface area contributed by atoms with Gasteiger partial charge in [0.25, 0.3) is 0 Å². The molecule has 0 radical (unpaired) electrons. The average molecular weight is 488 g/mol. The Bertz CT molecular complexity index is 1170. The molecule has 1 fully saturated rings. The minimum atomic E-state index is 0.0390. The number of anilines is 1. The Balaban J connectivity index is 1.28. The van der Waals surface area contributed by atoms with Crippen LogP contribution in [0.2, 0.25) is 0 Å². The van der Waals surface area contributed by atoms with Crippen LogP contribution in [0, 0.1) is 6.92 Å². The number of fused-ring (bicyclic) bond motifs is 1. The molecular weight excluding hydrogens is 450 g/mol. The molecule has 0 bridgehead atoms. The Morgan fingerprint density at radius 1 is 1.11 bits per heavy atom. The van der Waals surface area contributed by atoms with Gasteiger partial charge >= 0.3 is 0 Å². The molecule has 2 aliphatic heterocycles. The highest BCUT2D eigenvalue weighted by Crippen LogP contribution is 2.30. The maximum absolute atomic E-state index is 12.5. The van der Waals surface area contributed by atoms with Crippen LogP contribution in [0.3, 0.4) is 0 Å². The Morgan fingerprint density at radius 3 is 2.78 bits per heavy atom. The zero-order valence-corrected chi connectivity index (χ0v) is 21.3. The van der Waals surface area contributed by atoms with Crippen molar-refractivity contribution >= 4 is 11.6 Å². The number of aryl methyl sites for hydroxylation is 3. The van der Waals surface area contributed by atoms with Crippen LogP contribution < -0.4 is 10.6 Å². The lowest BCUT2D eigenvalue weighted by Gasteiger charge is -2.26. The Labute approximate surface area is 213 Å². The topological polar surface area (TPSA) is 71.4 Å². The molecule has 7 heteroatoms. The predicted molar refractivity (Wildman–Crippen MR) is 143 cm³/mol. The van der Waals surface area contributed by atoms with Crippen LogP contribution in [-0.2, 0) is 35.5 Å². The Morgan fingerprint density at radius 2 is 1.94 bits per heavy atom. The van der Waals surface area contributed by atoms with Gasteiger partial charge in [-0.15, -0.1) is 0 Å². The number of nitrogens with one attached hydrogen (secondary N) is 2. The highest BCUT2D eigenvalue weighted by Gasteiger charge is 2.22. The quantitative estimate of drug-likeness (QED) is 0.481. The fourth-order valence-corrected chi connectivity index (χ4v) is 5.19. The van der Waals surface area contributed by atoms with Crippen LogP contribution in [0.5, 0.6) is 0 Å². The SMILES string of the molecule is Cc1ccc(-c2nn(CCCN3CCOCC3)c3c2CNCC3)cc1CCC(=O)Nc1ccccc1. The van der Waals surface area contributed by atoms with Crippen molar-refractivity contribution < 1.29 is 9.53 Å². The number of nitrogens with zero attached hydrogens (tertiary/aromatic N) is 3. The van der Waals surface area contributed by atoms with Gasteiger partial charge in [0.15, 0.2) is 0 Å². The first-order valence-corrected chi connectivity index (χ1v) is 13.2. The van der Waals surface area contributed by atoms with E-state index < -0.39 is 0 Å². The molecule has 0 atom stereocenters. The Kier molecular flexibility index (Phi) is 8.11. The molecule has 3 aromatic rings. The lowest BCUT2D eigenvalue weighted by molar-refractivity contribution is -0.116. The number of carbonyl (C=O) groups excluding carboxylic acids is 1. The third-order valence-electron chi connectivity index (χ3n) is 7.26. The standard InChI is InChI=1S/C29H37N5O2/c1-22-8-9-24(20-23(22)10-11-28(35)31-25-6-3-2-4-7-25)29-26-21-30-13-12-27(26)34(32-29)15-5-14-33-16-18-36-19-17-33/h2-4,6-9,20,30H,5,10-19,21H2,1H3,(H,31,35). The van der Waals surface area contributed by atoms with Crippen LogP contribution in [0.1, 0.15) is 35.2 Å². The maximum atomic E-state index is 12.5. The summed E-state index contributed by atoms with van der Waals surface area (Å²) in [6, 6.07) is 16.2. The molecule has 2 aliphatic rings. The van der Waals surface area contributed by atoms with Crippen LogP contribution in [0.4, 0.5) is 5.69 Å². The summed E-state index contributed by atoms with van der Waals surface area (Å²) >= 11 is 0. The van der Waals surface area contributed by atoms with Crippen LogP contribution in [0.25, 0.3) is 11.3 Å². The van der Waals surface area contributed by atoms with Gasteiger partial charge in [-0.2, -0.15) is 5.10 Å². The van der Waals surface area contributed by atoms with Crippen LogP contribution >= 0.6 is 0 Å². The first kappa shape index (κ1) is 24.7. The lowest BCUT2D eigenvalue weighted by Crippen LogP contribution is -2.37. The molecule has 1 aromatic heterocycles. The van der Waals surface area contributed by atoms with E-state index in [1.165, 1.54) is 22.4 Å². The molecular formula is C29H37N5O2. The maximum Gasteiger partial charge on any atom is 0.224 e. The molecule has 0 saturated carbocycles. The average Bonchev–Trinajstić information content (AvgIpc) is 3.28. The fraction of sp³-hybridized carbons (Fsp3) is 0.448. The van der Waals surface area contributed by atoms with E-state index in [9.17, 15) is 4.79 Å². The van der Waals surface area contributed by atoms with E-state index in [1.54, 1.807) is 0 Å². The number of carbonyl (C=O) groups is 1. The Hall–Kier alpha value is -3.00. The second-order valence-corrected chi connectivity index (χ2v) is 9.79. The third-order valence-corrected chi connectivity index (χ3v) is 7.26. The number of morpholine rings is 1. The molecule has 0 aliphatic carbocycles. The second-order valence-electron chi connectivity index (χ2n) is 9.79. The highest BCUT2D eigenvalue weighted by atomic mass is 16.5. The number of hydrogen-bond acceptors (Lipinski definition) is 5. The van der Waals surface area contributed by atoms with Crippen molar-refractivity contribution in [3.8, 4) is 11.3 Å². The van der Waals surface area contributed by atoms with Gasteiger partial charge in [-0.05, 0) is 49.1 Å². The van der Waals surface area contributed by atoms with Gasteiger partial charge in [-0.25, -0.2) is 0 Å². The molecule has 7 nitrogen and oxygen atoms in total. The fourth-order valence-electron chi connectivity index (χ4n) is 5.19. The van der Waals surface area contributed by atoms with Crippen molar-refractivity contribution in [2.24, 2.45) is 0 Å². The number of aromatic nitrogens is 2. The largest absolute Gasteiger partial charge is 0.379 e. The van der Waals surface area contributed by atoms with Crippen molar-refractivity contribution in [3.63, 3.8) is 0 Å². The second kappa shape index (κ2) is 11.8. The van der Waals surface area contributed by atoms with Gasteiger partial charge < -0.3 is 15.4 Å². The normalized spacial score (nSPS) is 16.0.